The summed E-state index contributed by atoms with van der Waals surface area (Å²) in [4.78, 5) is 23.8. The van der Waals surface area contributed by atoms with Gasteiger partial charge in [0, 0.05) is 19.2 Å². The molecular weight excluding hydrogens is 274 g/mol. The van der Waals surface area contributed by atoms with Crippen LogP contribution in [0.15, 0.2) is 30.3 Å². The largest absolute Gasteiger partial charge is 0.497 e. The van der Waals surface area contributed by atoms with Gasteiger partial charge in [0.15, 0.2) is 0 Å². The van der Waals surface area contributed by atoms with E-state index in [0.29, 0.717) is 5.75 Å². The number of aliphatic hydroxyl groups excluding tert-OH is 1. The number of aliphatic carboxylic acids is 1. The van der Waals surface area contributed by atoms with E-state index >= 15 is 0 Å². The summed E-state index contributed by atoms with van der Waals surface area (Å²) in [5.41, 5.74) is 0.796. The number of aliphatic hydroxyl groups is 1. The number of hydrogen-bond acceptors (Lipinski definition) is 4. The molecule has 1 aromatic carbocycles. The van der Waals surface area contributed by atoms with Gasteiger partial charge in [0.25, 0.3) is 0 Å². The topological polar surface area (TPSA) is 87.1 Å². The third-order valence-corrected chi connectivity index (χ3v) is 2.79. The number of ether oxygens (including phenoxy) is 1. The number of amides is 1. The molecule has 1 aromatic rings. The van der Waals surface area contributed by atoms with Crippen molar-refractivity contribution < 1.29 is 24.5 Å². The van der Waals surface area contributed by atoms with Crippen molar-refractivity contribution in [1.29, 1.82) is 0 Å². The smallest absolute Gasteiger partial charge is 0.305 e. The highest BCUT2D eigenvalue weighted by Crippen LogP contribution is 2.13. The number of methoxy groups -OCH3 is 1. The summed E-state index contributed by atoms with van der Waals surface area (Å²) < 4.78 is 5.09. The second kappa shape index (κ2) is 8.76. The van der Waals surface area contributed by atoms with Crippen molar-refractivity contribution >= 4 is 18.0 Å². The van der Waals surface area contributed by atoms with Crippen molar-refractivity contribution in [2.75, 3.05) is 26.8 Å². The Morgan fingerprint density at radius 2 is 2.10 bits per heavy atom. The minimum atomic E-state index is -0.984. The number of carboxylic acid groups (broad SMARTS) is 1. The van der Waals surface area contributed by atoms with Gasteiger partial charge in [-0.3, -0.25) is 9.59 Å². The third-order valence-electron chi connectivity index (χ3n) is 2.79. The molecule has 6 heteroatoms. The van der Waals surface area contributed by atoms with Crippen LogP contribution in [0.1, 0.15) is 12.0 Å². The Kier molecular flexibility index (Phi) is 6.97. The number of hydrogen-bond donors (Lipinski definition) is 2. The molecule has 0 radical (unpaired) electrons. The van der Waals surface area contributed by atoms with E-state index in [4.69, 9.17) is 14.9 Å². The van der Waals surface area contributed by atoms with Gasteiger partial charge in [0.2, 0.25) is 5.91 Å². The van der Waals surface area contributed by atoms with E-state index in [-0.39, 0.29) is 32.0 Å². The molecule has 0 heterocycles. The molecule has 0 atom stereocenters. The Hall–Kier alpha value is -2.34. The Bertz CT molecular complexity index is 513. The third kappa shape index (κ3) is 6.09. The van der Waals surface area contributed by atoms with Crippen LogP contribution in [0.4, 0.5) is 0 Å². The van der Waals surface area contributed by atoms with Crippen molar-refractivity contribution in [3.63, 3.8) is 0 Å². The van der Waals surface area contributed by atoms with Crippen molar-refractivity contribution in [3.8, 4) is 5.75 Å². The summed E-state index contributed by atoms with van der Waals surface area (Å²) in [5.74, 6) is -0.640. The van der Waals surface area contributed by atoms with Gasteiger partial charge in [0.05, 0.1) is 20.1 Å². The minimum Gasteiger partial charge on any atom is -0.497 e. The molecular formula is C15H19NO5. The van der Waals surface area contributed by atoms with E-state index in [1.807, 2.05) is 6.07 Å². The average Bonchev–Trinajstić information content (AvgIpc) is 2.49. The molecule has 0 aliphatic rings. The van der Waals surface area contributed by atoms with Gasteiger partial charge in [-0.15, -0.1) is 0 Å². The Morgan fingerprint density at radius 1 is 1.33 bits per heavy atom. The highest BCUT2D eigenvalue weighted by molar-refractivity contribution is 5.92. The van der Waals surface area contributed by atoms with Crippen LogP contribution in [0.3, 0.4) is 0 Å². The number of carbonyl (C=O) groups excluding carboxylic acids is 1. The van der Waals surface area contributed by atoms with Crippen LogP contribution in [-0.4, -0.2) is 53.8 Å². The lowest BCUT2D eigenvalue weighted by Crippen LogP contribution is -2.34. The lowest BCUT2D eigenvalue weighted by Gasteiger charge is -2.18. The SMILES string of the molecule is COc1cccc(/C=C/C(=O)N(CCO)CCC(=O)O)c1. The summed E-state index contributed by atoms with van der Waals surface area (Å²) >= 11 is 0. The van der Waals surface area contributed by atoms with Gasteiger partial charge >= 0.3 is 5.97 Å². The fraction of sp³-hybridized carbons (Fsp3) is 0.333. The summed E-state index contributed by atoms with van der Waals surface area (Å²) in [5, 5.41) is 17.6. The van der Waals surface area contributed by atoms with Gasteiger partial charge in [-0.25, -0.2) is 0 Å². The molecule has 1 amide bonds. The van der Waals surface area contributed by atoms with E-state index in [2.05, 4.69) is 0 Å². The van der Waals surface area contributed by atoms with E-state index in [0.717, 1.165) is 5.56 Å². The molecule has 0 saturated carbocycles. The quantitative estimate of drug-likeness (QED) is 0.698. The number of nitrogens with zero attached hydrogens (tertiary/aromatic N) is 1. The average molecular weight is 293 g/mol. The van der Waals surface area contributed by atoms with Crippen LogP contribution < -0.4 is 4.74 Å². The first kappa shape index (κ1) is 16.7. The normalized spacial score (nSPS) is 10.6. The lowest BCUT2D eigenvalue weighted by molar-refractivity contribution is -0.138. The predicted molar refractivity (Wildman–Crippen MR) is 77.9 cm³/mol. The van der Waals surface area contributed by atoms with Gasteiger partial charge in [-0.05, 0) is 23.8 Å². The summed E-state index contributed by atoms with van der Waals surface area (Å²) in [6.07, 6.45) is 2.82. The molecule has 0 aliphatic carbocycles. The van der Waals surface area contributed by atoms with Crippen LogP contribution in [0.2, 0.25) is 0 Å². The number of carboxylic acids is 1. The van der Waals surface area contributed by atoms with Gasteiger partial charge < -0.3 is 19.8 Å². The van der Waals surface area contributed by atoms with Crippen LogP contribution in [0, 0.1) is 0 Å². The molecule has 0 unspecified atom stereocenters. The maximum absolute atomic E-state index is 12.0. The fourth-order valence-electron chi connectivity index (χ4n) is 1.70. The van der Waals surface area contributed by atoms with Crippen molar-refractivity contribution in [2.45, 2.75) is 6.42 Å². The first-order valence-corrected chi connectivity index (χ1v) is 6.50. The van der Waals surface area contributed by atoms with Gasteiger partial charge in [-0.2, -0.15) is 0 Å². The first-order valence-electron chi connectivity index (χ1n) is 6.50. The molecule has 6 nitrogen and oxygen atoms in total. The predicted octanol–water partition coefficient (Wildman–Crippen LogP) is 1.00. The lowest BCUT2D eigenvalue weighted by atomic mass is 10.2. The zero-order valence-corrected chi connectivity index (χ0v) is 11.9. The molecule has 114 valence electrons. The Morgan fingerprint density at radius 3 is 2.71 bits per heavy atom. The van der Waals surface area contributed by atoms with Crippen LogP contribution in [-0.2, 0) is 9.59 Å². The van der Waals surface area contributed by atoms with Crippen molar-refractivity contribution in [2.24, 2.45) is 0 Å². The second-order valence-corrected chi connectivity index (χ2v) is 4.30. The summed E-state index contributed by atoms with van der Waals surface area (Å²) in [6, 6.07) is 7.19. The first-order chi connectivity index (χ1) is 10.1. The van der Waals surface area contributed by atoms with E-state index < -0.39 is 5.97 Å². The molecule has 0 aliphatic heterocycles. The monoisotopic (exact) mass is 293 g/mol. The fourth-order valence-corrected chi connectivity index (χ4v) is 1.70. The molecule has 0 aromatic heterocycles. The van der Waals surface area contributed by atoms with Crippen LogP contribution >= 0.6 is 0 Å². The number of benzene rings is 1. The zero-order valence-electron chi connectivity index (χ0n) is 11.9. The van der Waals surface area contributed by atoms with E-state index in [1.165, 1.54) is 11.0 Å². The molecule has 1 rings (SSSR count). The standard InChI is InChI=1S/C15H19NO5/c1-21-13-4-2-3-12(11-13)5-6-14(18)16(9-10-17)8-7-15(19)20/h2-6,11,17H,7-10H2,1H3,(H,19,20)/b6-5+. The van der Waals surface area contributed by atoms with Gasteiger partial charge in [0.1, 0.15) is 5.75 Å². The second-order valence-electron chi connectivity index (χ2n) is 4.30. The Labute approximate surface area is 123 Å². The molecule has 0 bridgehead atoms. The molecule has 2 N–H and O–H groups in total. The Balaban J connectivity index is 2.70. The van der Waals surface area contributed by atoms with Crippen molar-refractivity contribution in [3.05, 3.63) is 35.9 Å². The number of carbonyl (C=O) groups is 2. The molecule has 0 fully saturated rings. The summed E-state index contributed by atoms with van der Waals surface area (Å²) in [7, 11) is 1.56. The number of rotatable bonds is 8. The highest BCUT2D eigenvalue weighted by atomic mass is 16.5. The van der Waals surface area contributed by atoms with E-state index in [9.17, 15) is 9.59 Å². The zero-order chi connectivity index (χ0) is 15.7. The maximum Gasteiger partial charge on any atom is 0.305 e. The van der Waals surface area contributed by atoms with Crippen molar-refractivity contribution in [1.82, 2.24) is 4.90 Å². The maximum atomic E-state index is 12.0. The minimum absolute atomic E-state index is 0.0666. The molecule has 0 spiro atoms. The van der Waals surface area contributed by atoms with Crippen LogP contribution in [0.5, 0.6) is 5.75 Å². The van der Waals surface area contributed by atoms with Crippen LogP contribution in [0.25, 0.3) is 6.08 Å². The molecule has 0 saturated heterocycles. The summed E-state index contributed by atoms with van der Waals surface area (Å²) in [6.45, 7) is -0.0376. The van der Waals surface area contributed by atoms with E-state index in [1.54, 1.807) is 31.4 Å². The van der Waals surface area contributed by atoms with Gasteiger partial charge in [-0.1, -0.05) is 12.1 Å². The highest BCUT2D eigenvalue weighted by Gasteiger charge is 2.11. The molecule has 21 heavy (non-hydrogen) atoms.